The molecule has 1 saturated heterocycles. The molecule has 2 atom stereocenters. The number of carbonyl (C=O) groups excluding carboxylic acids is 1. The largest absolute Gasteiger partial charge is 0.355 e. The lowest BCUT2D eigenvalue weighted by atomic mass is 9.94. The van der Waals surface area contributed by atoms with E-state index in [9.17, 15) is 4.79 Å². The van der Waals surface area contributed by atoms with Gasteiger partial charge in [0.1, 0.15) is 0 Å². The molecule has 1 heterocycles. The highest BCUT2D eigenvalue weighted by Crippen LogP contribution is 2.26. The van der Waals surface area contributed by atoms with E-state index >= 15 is 0 Å². The summed E-state index contributed by atoms with van der Waals surface area (Å²) in [4.78, 5) is 14.2. The molecule has 0 aromatic carbocycles. The summed E-state index contributed by atoms with van der Waals surface area (Å²) in [7, 11) is 2.17. The van der Waals surface area contributed by atoms with Crippen molar-refractivity contribution in [3.8, 4) is 0 Å². The van der Waals surface area contributed by atoms with E-state index in [0.29, 0.717) is 18.4 Å². The van der Waals surface area contributed by atoms with Crippen molar-refractivity contribution in [1.29, 1.82) is 0 Å². The maximum absolute atomic E-state index is 11.8. The SMILES string of the molecule is CC(CNC(=O)CCC1CCCNC1)N(C)C1CC1. The first-order valence-corrected chi connectivity index (χ1v) is 7.86. The predicted molar refractivity (Wildman–Crippen MR) is 78.1 cm³/mol. The maximum atomic E-state index is 11.8. The van der Waals surface area contributed by atoms with Gasteiger partial charge in [-0.1, -0.05) is 0 Å². The second-order valence-corrected chi connectivity index (χ2v) is 6.30. The summed E-state index contributed by atoms with van der Waals surface area (Å²) in [5, 5.41) is 6.49. The minimum Gasteiger partial charge on any atom is -0.355 e. The standard InChI is InChI=1S/C15H29N3O/c1-12(18(2)14-6-7-14)10-17-15(19)8-5-13-4-3-9-16-11-13/h12-14,16H,3-11H2,1-2H3,(H,17,19). The van der Waals surface area contributed by atoms with E-state index in [1.54, 1.807) is 0 Å². The third-order valence-electron chi connectivity index (χ3n) is 4.59. The molecule has 4 nitrogen and oxygen atoms in total. The summed E-state index contributed by atoms with van der Waals surface area (Å²) in [5.74, 6) is 0.924. The van der Waals surface area contributed by atoms with Gasteiger partial charge in [-0.2, -0.15) is 0 Å². The first kappa shape index (κ1) is 14.8. The third kappa shape index (κ3) is 5.11. The summed E-state index contributed by atoms with van der Waals surface area (Å²) in [6, 6.07) is 1.22. The molecule has 1 amide bonds. The fourth-order valence-corrected chi connectivity index (χ4v) is 2.84. The molecule has 110 valence electrons. The van der Waals surface area contributed by atoms with Gasteiger partial charge in [-0.3, -0.25) is 9.69 Å². The Labute approximate surface area is 117 Å². The van der Waals surface area contributed by atoms with Crippen molar-refractivity contribution in [3.63, 3.8) is 0 Å². The summed E-state index contributed by atoms with van der Waals surface area (Å²) >= 11 is 0. The van der Waals surface area contributed by atoms with Gasteiger partial charge in [-0.25, -0.2) is 0 Å². The van der Waals surface area contributed by atoms with E-state index in [-0.39, 0.29) is 5.91 Å². The monoisotopic (exact) mass is 267 g/mol. The van der Waals surface area contributed by atoms with E-state index in [1.165, 1.54) is 25.7 Å². The van der Waals surface area contributed by atoms with Crippen LogP contribution in [0.5, 0.6) is 0 Å². The fourth-order valence-electron chi connectivity index (χ4n) is 2.84. The van der Waals surface area contributed by atoms with Crippen LogP contribution in [0, 0.1) is 5.92 Å². The number of hydrogen-bond donors (Lipinski definition) is 2. The van der Waals surface area contributed by atoms with Crippen LogP contribution in [0.3, 0.4) is 0 Å². The van der Waals surface area contributed by atoms with E-state index in [2.05, 4.69) is 29.5 Å². The van der Waals surface area contributed by atoms with Crippen LogP contribution in [-0.4, -0.2) is 49.6 Å². The van der Waals surface area contributed by atoms with Gasteiger partial charge in [-0.15, -0.1) is 0 Å². The van der Waals surface area contributed by atoms with Gasteiger partial charge in [0.2, 0.25) is 5.91 Å². The van der Waals surface area contributed by atoms with Gasteiger partial charge >= 0.3 is 0 Å². The highest BCUT2D eigenvalue weighted by molar-refractivity contribution is 5.75. The van der Waals surface area contributed by atoms with Crippen LogP contribution in [0.1, 0.15) is 45.4 Å². The lowest BCUT2D eigenvalue weighted by Gasteiger charge is -2.25. The molecule has 1 aliphatic heterocycles. The maximum Gasteiger partial charge on any atom is 0.220 e. The number of likely N-dealkylation sites (N-methyl/N-ethyl adjacent to an activating group) is 1. The lowest BCUT2D eigenvalue weighted by molar-refractivity contribution is -0.121. The fraction of sp³-hybridized carbons (Fsp3) is 0.933. The van der Waals surface area contributed by atoms with Crippen molar-refractivity contribution in [2.75, 3.05) is 26.7 Å². The van der Waals surface area contributed by atoms with Crippen LogP contribution in [0.25, 0.3) is 0 Å². The van der Waals surface area contributed by atoms with E-state index < -0.39 is 0 Å². The van der Waals surface area contributed by atoms with Gasteiger partial charge in [-0.05, 0) is 65.1 Å². The van der Waals surface area contributed by atoms with Crippen molar-refractivity contribution in [3.05, 3.63) is 0 Å². The molecular weight excluding hydrogens is 238 g/mol. The summed E-state index contributed by atoms with van der Waals surface area (Å²) in [6.45, 7) is 5.22. The number of amides is 1. The third-order valence-corrected chi connectivity index (χ3v) is 4.59. The Balaban J connectivity index is 1.55. The molecule has 4 heteroatoms. The number of rotatable bonds is 7. The minimum absolute atomic E-state index is 0.224. The van der Waals surface area contributed by atoms with Crippen molar-refractivity contribution >= 4 is 5.91 Å². The Morgan fingerprint density at radius 2 is 2.21 bits per heavy atom. The molecule has 1 aliphatic carbocycles. The van der Waals surface area contributed by atoms with Crippen LogP contribution in [-0.2, 0) is 4.79 Å². The molecule has 2 rings (SSSR count). The Hall–Kier alpha value is -0.610. The van der Waals surface area contributed by atoms with Crippen LogP contribution < -0.4 is 10.6 Å². The molecule has 0 aromatic rings. The van der Waals surface area contributed by atoms with Crippen molar-refractivity contribution in [2.24, 2.45) is 5.92 Å². The lowest BCUT2D eigenvalue weighted by Crippen LogP contribution is -2.41. The zero-order valence-electron chi connectivity index (χ0n) is 12.5. The van der Waals surface area contributed by atoms with E-state index in [0.717, 1.165) is 32.1 Å². The Bertz CT molecular complexity index is 285. The molecule has 0 bridgehead atoms. The minimum atomic E-state index is 0.224. The predicted octanol–water partition coefficient (Wildman–Crippen LogP) is 1.37. The smallest absolute Gasteiger partial charge is 0.220 e. The molecule has 2 N–H and O–H groups in total. The Kier molecular flexibility index (Phi) is 5.64. The van der Waals surface area contributed by atoms with Crippen LogP contribution >= 0.6 is 0 Å². The van der Waals surface area contributed by atoms with Gasteiger partial charge in [0, 0.05) is 25.0 Å². The second-order valence-electron chi connectivity index (χ2n) is 6.30. The summed E-state index contributed by atoms with van der Waals surface area (Å²) in [5.41, 5.74) is 0. The average Bonchev–Trinajstić information content (AvgIpc) is 3.27. The van der Waals surface area contributed by atoms with Crippen LogP contribution in [0.15, 0.2) is 0 Å². The normalized spacial score (nSPS) is 25.3. The zero-order valence-corrected chi connectivity index (χ0v) is 12.5. The Morgan fingerprint density at radius 1 is 1.42 bits per heavy atom. The molecule has 2 unspecified atom stereocenters. The molecule has 0 radical (unpaired) electrons. The van der Waals surface area contributed by atoms with Crippen LogP contribution in [0.2, 0.25) is 0 Å². The molecule has 2 aliphatic rings. The number of hydrogen-bond acceptors (Lipinski definition) is 3. The zero-order chi connectivity index (χ0) is 13.7. The van der Waals surface area contributed by atoms with Gasteiger partial charge in [0.25, 0.3) is 0 Å². The molecule has 2 fully saturated rings. The Morgan fingerprint density at radius 3 is 2.84 bits per heavy atom. The van der Waals surface area contributed by atoms with E-state index in [1.807, 2.05) is 0 Å². The number of nitrogens with one attached hydrogen (secondary N) is 2. The van der Waals surface area contributed by atoms with E-state index in [4.69, 9.17) is 0 Å². The molecule has 0 aromatic heterocycles. The highest BCUT2D eigenvalue weighted by atomic mass is 16.1. The first-order valence-electron chi connectivity index (χ1n) is 7.86. The quantitative estimate of drug-likeness (QED) is 0.732. The highest BCUT2D eigenvalue weighted by Gasteiger charge is 2.29. The van der Waals surface area contributed by atoms with Gasteiger partial charge in [0.15, 0.2) is 0 Å². The van der Waals surface area contributed by atoms with Crippen molar-refractivity contribution in [2.45, 2.75) is 57.5 Å². The van der Waals surface area contributed by atoms with Crippen LogP contribution in [0.4, 0.5) is 0 Å². The molecule has 0 spiro atoms. The second kappa shape index (κ2) is 7.25. The van der Waals surface area contributed by atoms with Gasteiger partial charge in [0.05, 0.1) is 0 Å². The number of carbonyl (C=O) groups is 1. The summed E-state index contributed by atoms with van der Waals surface area (Å²) < 4.78 is 0. The number of piperidine rings is 1. The van der Waals surface area contributed by atoms with Crippen molar-refractivity contribution < 1.29 is 4.79 Å². The first-order chi connectivity index (χ1) is 9.16. The van der Waals surface area contributed by atoms with Gasteiger partial charge < -0.3 is 10.6 Å². The summed E-state index contributed by atoms with van der Waals surface area (Å²) in [6.07, 6.45) is 6.90. The molecule has 1 saturated carbocycles. The molecule has 19 heavy (non-hydrogen) atoms. The average molecular weight is 267 g/mol. The van der Waals surface area contributed by atoms with Crippen molar-refractivity contribution in [1.82, 2.24) is 15.5 Å². The topological polar surface area (TPSA) is 44.4 Å². The number of nitrogens with zero attached hydrogens (tertiary/aromatic N) is 1. The molecular formula is C15H29N3O.